The Hall–Kier alpha value is -2.34. The smallest absolute Gasteiger partial charge is 0.238 e. The molecule has 2 aromatic rings. The number of sulfone groups is 1. The standard InChI is InChI=1S/C18H21NO4S/c1-23-16-10-6-9-15(11-16)13-19-18(20)17(24(2,21)22)12-14-7-4-3-5-8-14/h3-11,17H,12-13H2,1-2H3,(H,19,20). The average molecular weight is 347 g/mol. The van der Waals surface area contributed by atoms with Crippen LogP contribution in [0.3, 0.4) is 0 Å². The van der Waals surface area contributed by atoms with Gasteiger partial charge >= 0.3 is 0 Å². The van der Waals surface area contributed by atoms with Crippen LogP contribution in [0.15, 0.2) is 54.6 Å². The monoisotopic (exact) mass is 347 g/mol. The highest BCUT2D eigenvalue weighted by atomic mass is 32.2. The van der Waals surface area contributed by atoms with Gasteiger partial charge in [-0.05, 0) is 29.7 Å². The quantitative estimate of drug-likeness (QED) is 0.831. The highest BCUT2D eigenvalue weighted by Crippen LogP contribution is 2.13. The summed E-state index contributed by atoms with van der Waals surface area (Å²) in [5.74, 6) is 0.190. The Balaban J connectivity index is 2.08. The lowest BCUT2D eigenvalue weighted by Gasteiger charge is -2.15. The third kappa shape index (κ3) is 5.09. The molecule has 5 nitrogen and oxygen atoms in total. The van der Waals surface area contributed by atoms with Crippen molar-refractivity contribution in [2.45, 2.75) is 18.2 Å². The van der Waals surface area contributed by atoms with Crippen molar-refractivity contribution >= 4 is 15.7 Å². The van der Waals surface area contributed by atoms with Gasteiger partial charge in [-0.1, -0.05) is 42.5 Å². The van der Waals surface area contributed by atoms with E-state index < -0.39 is 21.0 Å². The second-order valence-electron chi connectivity index (χ2n) is 5.58. The number of hydrogen-bond donors (Lipinski definition) is 1. The topological polar surface area (TPSA) is 72.5 Å². The van der Waals surface area contributed by atoms with Gasteiger partial charge in [0.05, 0.1) is 7.11 Å². The first-order valence-corrected chi connectivity index (χ1v) is 9.49. The van der Waals surface area contributed by atoms with E-state index >= 15 is 0 Å². The summed E-state index contributed by atoms with van der Waals surface area (Å²) in [6.45, 7) is 0.247. The van der Waals surface area contributed by atoms with Crippen LogP contribution in [0, 0.1) is 0 Å². The van der Waals surface area contributed by atoms with Crippen molar-refractivity contribution in [3.63, 3.8) is 0 Å². The van der Waals surface area contributed by atoms with Crippen LogP contribution < -0.4 is 10.1 Å². The molecular weight excluding hydrogens is 326 g/mol. The molecule has 0 radical (unpaired) electrons. The van der Waals surface area contributed by atoms with Crippen LogP contribution in [-0.4, -0.2) is 32.9 Å². The third-order valence-corrected chi connectivity index (χ3v) is 5.09. The van der Waals surface area contributed by atoms with Gasteiger partial charge in [-0.3, -0.25) is 4.79 Å². The van der Waals surface area contributed by atoms with Crippen LogP contribution in [-0.2, 0) is 27.6 Å². The molecule has 24 heavy (non-hydrogen) atoms. The van der Waals surface area contributed by atoms with Crippen molar-refractivity contribution in [1.29, 1.82) is 0 Å². The van der Waals surface area contributed by atoms with E-state index in [4.69, 9.17) is 4.74 Å². The molecule has 0 aliphatic carbocycles. The predicted octanol–water partition coefficient (Wildman–Crippen LogP) is 1.97. The first-order valence-electron chi connectivity index (χ1n) is 7.53. The fourth-order valence-electron chi connectivity index (χ4n) is 2.35. The Morgan fingerprint density at radius 3 is 2.38 bits per heavy atom. The Bertz CT molecular complexity index is 788. The summed E-state index contributed by atoms with van der Waals surface area (Å²) in [6, 6.07) is 16.4. The summed E-state index contributed by atoms with van der Waals surface area (Å²) in [5.41, 5.74) is 1.65. The summed E-state index contributed by atoms with van der Waals surface area (Å²) in [7, 11) is -1.95. The zero-order valence-corrected chi connectivity index (χ0v) is 14.5. The van der Waals surface area contributed by atoms with Crippen molar-refractivity contribution in [3.8, 4) is 5.75 Å². The SMILES string of the molecule is COc1cccc(CNC(=O)C(Cc2ccccc2)S(C)(=O)=O)c1. The van der Waals surface area contributed by atoms with E-state index in [1.165, 1.54) is 0 Å². The maximum absolute atomic E-state index is 12.4. The molecule has 1 unspecified atom stereocenters. The molecule has 0 aliphatic rings. The molecule has 0 aliphatic heterocycles. The molecular formula is C18H21NO4S. The number of carbonyl (C=O) groups excluding carboxylic acids is 1. The second-order valence-corrected chi connectivity index (χ2v) is 7.81. The molecule has 0 heterocycles. The maximum atomic E-state index is 12.4. The third-order valence-electron chi connectivity index (χ3n) is 3.67. The van der Waals surface area contributed by atoms with E-state index in [0.29, 0.717) is 5.75 Å². The van der Waals surface area contributed by atoms with Gasteiger partial charge in [0, 0.05) is 12.8 Å². The Morgan fingerprint density at radius 1 is 1.08 bits per heavy atom. The number of amides is 1. The van der Waals surface area contributed by atoms with Gasteiger partial charge in [-0.15, -0.1) is 0 Å². The number of rotatable bonds is 7. The molecule has 0 bridgehead atoms. The number of nitrogens with one attached hydrogen (secondary N) is 1. The van der Waals surface area contributed by atoms with Crippen LogP contribution >= 0.6 is 0 Å². The zero-order chi connectivity index (χ0) is 17.6. The molecule has 0 spiro atoms. The van der Waals surface area contributed by atoms with Gasteiger partial charge in [0.25, 0.3) is 0 Å². The molecule has 0 saturated heterocycles. The summed E-state index contributed by atoms with van der Waals surface area (Å²) < 4.78 is 29.2. The number of benzene rings is 2. The predicted molar refractivity (Wildman–Crippen MR) is 93.6 cm³/mol. The Labute approximate surface area is 142 Å². The number of hydrogen-bond acceptors (Lipinski definition) is 4. The molecule has 0 aromatic heterocycles. The molecule has 2 aromatic carbocycles. The summed E-state index contributed by atoms with van der Waals surface area (Å²) in [6.07, 6.45) is 1.25. The Morgan fingerprint density at radius 2 is 1.75 bits per heavy atom. The van der Waals surface area contributed by atoms with Crippen LogP contribution in [0.1, 0.15) is 11.1 Å². The van der Waals surface area contributed by atoms with Crippen molar-refractivity contribution in [3.05, 3.63) is 65.7 Å². The maximum Gasteiger partial charge on any atom is 0.238 e. The lowest BCUT2D eigenvalue weighted by Crippen LogP contribution is -2.40. The average Bonchev–Trinajstić information content (AvgIpc) is 2.57. The van der Waals surface area contributed by atoms with Gasteiger partial charge in [0.15, 0.2) is 9.84 Å². The molecule has 128 valence electrons. The van der Waals surface area contributed by atoms with E-state index in [1.54, 1.807) is 19.2 Å². The van der Waals surface area contributed by atoms with E-state index in [-0.39, 0.29) is 13.0 Å². The Kier molecular flexibility index (Phi) is 5.98. The molecule has 1 amide bonds. The lowest BCUT2D eigenvalue weighted by molar-refractivity contribution is -0.120. The second kappa shape index (κ2) is 7.97. The summed E-state index contributed by atoms with van der Waals surface area (Å²) >= 11 is 0. The molecule has 1 atom stereocenters. The zero-order valence-electron chi connectivity index (χ0n) is 13.7. The molecule has 2 rings (SSSR count). The lowest BCUT2D eigenvalue weighted by atomic mass is 10.1. The van der Waals surface area contributed by atoms with E-state index in [9.17, 15) is 13.2 Å². The first kappa shape index (κ1) is 18.0. The number of carbonyl (C=O) groups is 1. The van der Waals surface area contributed by atoms with Gasteiger partial charge < -0.3 is 10.1 Å². The molecule has 0 fully saturated rings. The molecule has 6 heteroatoms. The minimum Gasteiger partial charge on any atom is -0.497 e. The van der Waals surface area contributed by atoms with Crippen LogP contribution in [0.4, 0.5) is 0 Å². The van der Waals surface area contributed by atoms with Crippen molar-refractivity contribution in [2.24, 2.45) is 0 Å². The van der Waals surface area contributed by atoms with Gasteiger partial charge in [-0.2, -0.15) is 0 Å². The van der Waals surface area contributed by atoms with Crippen molar-refractivity contribution < 1.29 is 17.9 Å². The van der Waals surface area contributed by atoms with Crippen LogP contribution in [0.5, 0.6) is 5.75 Å². The number of ether oxygens (including phenoxy) is 1. The summed E-state index contributed by atoms with van der Waals surface area (Å²) in [4.78, 5) is 12.4. The normalized spacial score (nSPS) is 12.4. The summed E-state index contributed by atoms with van der Waals surface area (Å²) in [5, 5.41) is 1.60. The fourth-order valence-corrected chi connectivity index (χ4v) is 3.32. The number of methoxy groups -OCH3 is 1. The highest BCUT2D eigenvalue weighted by molar-refractivity contribution is 7.92. The minimum absolute atomic E-state index is 0.156. The van der Waals surface area contributed by atoms with Crippen LogP contribution in [0.25, 0.3) is 0 Å². The molecule has 1 N–H and O–H groups in total. The van der Waals surface area contributed by atoms with Crippen LogP contribution in [0.2, 0.25) is 0 Å². The van der Waals surface area contributed by atoms with Crippen molar-refractivity contribution in [1.82, 2.24) is 5.32 Å². The minimum atomic E-state index is -3.52. The van der Waals surface area contributed by atoms with E-state index in [1.807, 2.05) is 42.5 Å². The van der Waals surface area contributed by atoms with Gasteiger partial charge in [-0.25, -0.2) is 8.42 Å². The highest BCUT2D eigenvalue weighted by Gasteiger charge is 2.28. The van der Waals surface area contributed by atoms with Crippen molar-refractivity contribution in [2.75, 3.05) is 13.4 Å². The van der Waals surface area contributed by atoms with Gasteiger partial charge in [0.1, 0.15) is 11.0 Å². The fraction of sp³-hybridized carbons (Fsp3) is 0.278. The van der Waals surface area contributed by atoms with Gasteiger partial charge in [0.2, 0.25) is 5.91 Å². The largest absolute Gasteiger partial charge is 0.497 e. The first-order chi connectivity index (χ1) is 11.4. The van der Waals surface area contributed by atoms with E-state index in [2.05, 4.69) is 5.32 Å². The molecule has 0 saturated carbocycles. The van der Waals surface area contributed by atoms with E-state index in [0.717, 1.165) is 17.4 Å².